The summed E-state index contributed by atoms with van der Waals surface area (Å²) in [6.07, 6.45) is 3.65. The Labute approximate surface area is 108 Å². The van der Waals surface area contributed by atoms with Crippen molar-refractivity contribution in [2.24, 2.45) is 17.0 Å². The van der Waals surface area contributed by atoms with Gasteiger partial charge in [-0.2, -0.15) is 0 Å². The van der Waals surface area contributed by atoms with Gasteiger partial charge in [-0.1, -0.05) is 41.9 Å². The summed E-state index contributed by atoms with van der Waals surface area (Å²) in [4.78, 5) is 2.51. The van der Waals surface area contributed by atoms with E-state index in [1.165, 1.54) is 24.8 Å². The highest BCUT2D eigenvalue weighted by atomic mass is 16.4. The van der Waals surface area contributed by atoms with Crippen molar-refractivity contribution < 1.29 is 5.21 Å². The summed E-state index contributed by atoms with van der Waals surface area (Å²) < 4.78 is 0. The van der Waals surface area contributed by atoms with Crippen LogP contribution in [0.3, 0.4) is 0 Å². The van der Waals surface area contributed by atoms with Gasteiger partial charge in [-0.05, 0) is 18.4 Å². The third kappa shape index (κ3) is 2.27. The Morgan fingerprint density at radius 1 is 1.11 bits per heavy atom. The summed E-state index contributed by atoms with van der Waals surface area (Å²) in [5.41, 5.74) is 2.44. The van der Waals surface area contributed by atoms with Gasteiger partial charge in [0, 0.05) is 31.5 Å². The molecule has 1 aromatic carbocycles. The molecule has 1 aliphatic heterocycles. The van der Waals surface area contributed by atoms with Crippen LogP contribution in [0, 0.1) is 11.8 Å². The quantitative estimate of drug-likeness (QED) is 0.641. The first kappa shape index (κ1) is 11.7. The number of fused-ring (bicyclic) bond motifs is 2. The van der Waals surface area contributed by atoms with Crippen molar-refractivity contribution in [3.8, 4) is 0 Å². The number of oxime groups is 1. The lowest BCUT2D eigenvalue weighted by Crippen LogP contribution is -2.48. The van der Waals surface area contributed by atoms with Crippen LogP contribution in [0.4, 0.5) is 0 Å². The molecule has 1 saturated carbocycles. The summed E-state index contributed by atoms with van der Waals surface area (Å²) in [6.45, 7) is 3.11. The predicted molar refractivity (Wildman–Crippen MR) is 71.8 cm³/mol. The minimum Gasteiger partial charge on any atom is -0.411 e. The molecule has 0 amide bonds. The zero-order chi connectivity index (χ0) is 12.4. The minimum absolute atomic E-state index is 0.478. The van der Waals surface area contributed by atoms with Gasteiger partial charge in [0.05, 0.1) is 5.71 Å². The number of benzene rings is 1. The van der Waals surface area contributed by atoms with Crippen LogP contribution in [0.2, 0.25) is 0 Å². The third-order valence-corrected chi connectivity index (χ3v) is 4.26. The fourth-order valence-electron chi connectivity index (χ4n) is 3.44. The van der Waals surface area contributed by atoms with E-state index < -0.39 is 0 Å². The average Bonchev–Trinajstić information content (AvgIpc) is 2.39. The number of rotatable bonds is 2. The molecule has 2 unspecified atom stereocenters. The van der Waals surface area contributed by atoms with E-state index in [-0.39, 0.29) is 0 Å². The number of nitrogens with zero attached hydrogens (tertiary/aromatic N) is 2. The molecule has 0 spiro atoms. The molecule has 0 radical (unpaired) electrons. The molecule has 3 rings (SSSR count). The predicted octanol–water partition coefficient (Wildman–Crippen LogP) is 2.75. The van der Waals surface area contributed by atoms with Crippen molar-refractivity contribution in [2.45, 2.75) is 25.8 Å². The lowest BCUT2D eigenvalue weighted by molar-refractivity contribution is 0.161. The molecule has 2 bridgehead atoms. The maximum atomic E-state index is 9.14. The van der Waals surface area contributed by atoms with E-state index >= 15 is 0 Å². The SMILES string of the molecule is ON=C1C2CCCC1CN(Cc1ccccc1)C2. The summed E-state index contributed by atoms with van der Waals surface area (Å²) in [5, 5.41) is 12.7. The topological polar surface area (TPSA) is 35.8 Å². The molecule has 0 aromatic heterocycles. The lowest BCUT2D eigenvalue weighted by atomic mass is 9.76. The van der Waals surface area contributed by atoms with E-state index in [0.29, 0.717) is 11.8 Å². The zero-order valence-electron chi connectivity index (χ0n) is 10.6. The molecule has 2 fully saturated rings. The standard InChI is InChI=1S/C15H20N2O/c18-16-15-13-7-4-8-14(15)11-17(10-13)9-12-5-2-1-3-6-12/h1-3,5-6,13-14,18H,4,7-11H2. The maximum absolute atomic E-state index is 9.14. The minimum atomic E-state index is 0.478. The molecule has 1 N–H and O–H groups in total. The van der Waals surface area contributed by atoms with Gasteiger partial charge in [0.2, 0.25) is 0 Å². The molecule has 1 heterocycles. The fraction of sp³-hybridized carbons (Fsp3) is 0.533. The molecule has 1 saturated heterocycles. The Morgan fingerprint density at radius 2 is 1.78 bits per heavy atom. The molecular formula is C15H20N2O. The van der Waals surface area contributed by atoms with Gasteiger partial charge in [0.15, 0.2) is 0 Å². The molecule has 1 aromatic rings. The van der Waals surface area contributed by atoms with Gasteiger partial charge in [-0.15, -0.1) is 0 Å². The van der Waals surface area contributed by atoms with Crippen molar-refractivity contribution in [3.05, 3.63) is 35.9 Å². The number of hydrogen-bond acceptors (Lipinski definition) is 3. The Hall–Kier alpha value is -1.35. The van der Waals surface area contributed by atoms with Crippen LogP contribution in [-0.4, -0.2) is 28.9 Å². The van der Waals surface area contributed by atoms with Gasteiger partial charge >= 0.3 is 0 Å². The van der Waals surface area contributed by atoms with Crippen molar-refractivity contribution in [3.63, 3.8) is 0 Å². The van der Waals surface area contributed by atoms with Gasteiger partial charge < -0.3 is 5.21 Å². The van der Waals surface area contributed by atoms with Crippen molar-refractivity contribution in [2.75, 3.05) is 13.1 Å². The zero-order valence-corrected chi connectivity index (χ0v) is 10.6. The second-order valence-electron chi connectivity index (χ2n) is 5.53. The highest BCUT2D eigenvalue weighted by Gasteiger charge is 2.36. The van der Waals surface area contributed by atoms with Gasteiger partial charge in [-0.3, -0.25) is 4.90 Å². The first-order valence-corrected chi connectivity index (χ1v) is 6.85. The molecule has 1 aliphatic carbocycles. The van der Waals surface area contributed by atoms with Gasteiger partial charge in [-0.25, -0.2) is 0 Å². The summed E-state index contributed by atoms with van der Waals surface area (Å²) in [7, 11) is 0. The first-order chi connectivity index (χ1) is 8.86. The second-order valence-corrected chi connectivity index (χ2v) is 5.53. The number of hydrogen-bond donors (Lipinski definition) is 1. The summed E-state index contributed by atoms with van der Waals surface area (Å²) in [5.74, 6) is 0.956. The highest BCUT2D eigenvalue weighted by molar-refractivity contribution is 5.90. The molecule has 96 valence electrons. The van der Waals surface area contributed by atoms with E-state index in [2.05, 4.69) is 40.4 Å². The molecule has 2 atom stereocenters. The number of likely N-dealkylation sites (tertiary alicyclic amines) is 1. The van der Waals surface area contributed by atoms with Crippen LogP contribution in [0.15, 0.2) is 35.5 Å². The van der Waals surface area contributed by atoms with Crippen LogP contribution in [0.1, 0.15) is 24.8 Å². The van der Waals surface area contributed by atoms with Gasteiger partial charge in [0.25, 0.3) is 0 Å². The van der Waals surface area contributed by atoms with E-state index in [9.17, 15) is 0 Å². The largest absolute Gasteiger partial charge is 0.411 e. The summed E-state index contributed by atoms with van der Waals surface area (Å²) in [6, 6.07) is 10.6. The smallest absolute Gasteiger partial charge is 0.0657 e. The van der Waals surface area contributed by atoms with Crippen molar-refractivity contribution >= 4 is 5.71 Å². The number of piperidine rings is 1. The van der Waals surface area contributed by atoms with Crippen LogP contribution >= 0.6 is 0 Å². The van der Waals surface area contributed by atoms with E-state index in [1.807, 2.05) is 0 Å². The van der Waals surface area contributed by atoms with Crippen molar-refractivity contribution in [1.82, 2.24) is 4.90 Å². The van der Waals surface area contributed by atoms with Gasteiger partial charge in [0.1, 0.15) is 0 Å². The van der Waals surface area contributed by atoms with Crippen LogP contribution < -0.4 is 0 Å². The normalized spacial score (nSPS) is 28.1. The molecule has 2 aliphatic rings. The Bertz CT molecular complexity index is 413. The van der Waals surface area contributed by atoms with Crippen LogP contribution in [-0.2, 0) is 6.54 Å². The Balaban J connectivity index is 1.70. The second kappa shape index (κ2) is 5.11. The van der Waals surface area contributed by atoms with E-state index in [0.717, 1.165) is 25.3 Å². The lowest BCUT2D eigenvalue weighted by Gasteiger charge is -2.41. The molecule has 3 nitrogen and oxygen atoms in total. The highest BCUT2D eigenvalue weighted by Crippen LogP contribution is 2.33. The van der Waals surface area contributed by atoms with Crippen LogP contribution in [0.25, 0.3) is 0 Å². The van der Waals surface area contributed by atoms with Crippen molar-refractivity contribution in [1.29, 1.82) is 0 Å². The monoisotopic (exact) mass is 244 g/mol. The Morgan fingerprint density at radius 3 is 2.39 bits per heavy atom. The van der Waals surface area contributed by atoms with E-state index in [1.54, 1.807) is 0 Å². The molecular weight excluding hydrogens is 224 g/mol. The van der Waals surface area contributed by atoms with E-state index in [4.69, 9.17) is 5.21 Å². The fourth-order valence-corrected chi connectivity index (χ4v) is 3.44. The molecule has 3 heteroatoms. The average molecular weight is 244 g/mol. The molecule has 18 heavy (non-hydrogen) atoms. The summed E-state index contributed by atoms with van der Waals surface area (Å²) >= 11 is 0. The Kier molecular flexibility index (Phi) is 3.33. The maximum Gasteiger partial charge on any atom is 0.0657 e. The first-order valence-electron chi connectivity index (χ1n) is 6.85. The third-order valence-electron chi connectivity index (χ3n) is 4.26. The van der Waals surface area contributed by atoms with Crippen LogP contribution in [0.5, 0.6) is 0 Å².